The summed E-state index contributed by atoms with van der Waals surface area (Å²) in [4.78, 5) is 10.1. The molecule has 0 bridgehead atoms. The number of nitrogens with zero attached hydrogens (tertiary/aromatic N) is 4. The highest BCUT2D eigenvalue weighted by molar-refractivity contribution is 7.92. The minimum Gasteiger partial charge on any atom is -0.346 e. The van der Waals surface area contributed by atoms with Crippen molar-refractivity contribution in [1.82, 2.24) is 19.4 Å². The van der Waals surface area contributed by atoms with Crippen LogP contribution < -0.4 is 10.0 Å². The summed E-state index contributed by atoms with van der Waals surface area (Å²) in [5.41, 5.74) is 3.65. The van der Waals surface area contributed by atoms with Crippen LogP contribution in [0.5, 0.6) is 0 Å². The van der Waals surface area contributed by atoms with Gasteiger partial charge in [0.2, 0.25) is 0 Å². The van der Waals surface area contributed by atoms with Crippen LogP contribution >= 0.6 is 0 Å². The molecule has 41 heavy (non-hydrogen) atoms. The largest absolute Gasteiger partial charge is 0.346 e. The van der Waals surface area contributed by atoms with E-state index in [4.69, 9.17) is 0 Å². The molecule has 5 rings (SSSR count). The van der Waals surface area contributed by atoms with Crippen molar-refractivity contribution in [2.24, 2.45) is 0 Å². The second-order valence-corrected chi connectivity index (χ2v) is 11.1. The van der Waals surface area contributed by atoms with Gasteiger partial charge in [0.05, 0.1) is 5.69 Å². The number of likely N-dealkylation sites (N-methyl/N-ethyl adjacent to an activating group) is 1. The van der Waals surface area contributed by atoms with Crippen molar-refractivity contribution < 1.29 is 17.2 Å². The highest BCUT2D eigenvalue weighted by Crippen LogP contribution is 2.27. The average molecular weight is 577 g/mol. The molecule has 0 unspecified atom stereocenters. The van der Waals surface area contributed by atoms with E-state index in [-0.39, 0.29) is 5.69 Å². The molecule has 0 fully saturated rings. The van der Waals surface area contributed by atoms with Crippen LogP contribution in [0.3, 0.4) is 0 Å². The molecule has 0 saturated carbocycles. The number of benzene rings is 3. The van der Waals surface area contributed by atoms with Crippen LogP contribution in [0.1, 0.15) is 13.8 Å². The van der Waals surface area contributed by atoms with E-state index in [1.165, 1.54) is 24.0 Å². The Morgan fingerprint density at radius 2 is 1.59 bits per heavy atom. The number of rotatable bonds is 11. The molecule has 8 nitrogen and oxygen atoms in total. The van der Waals surface area contributed by atoms with Crippen LogP contribution in [0.4, 0.5) is 26.0 Å². The quantitative estimate of drug-likeness (QED) is 0.193. The molecule has 0 aliphatic carbocycles. The van der Waals surface area contributed by atoms with Gasteiger partial charge in [0.25, 0.3) is 10.0 Å². The molecule has 2 aromatic heterocycles. The molecule has 0 spiro atoms. The van der Waals surface area contributed by atoms with E-state index in [0.717, 1.165) is 61.0 Å². The summed E-state index contributed by atoms with van der Waals surface area (Å²) < 4.78 is 57.5. The first-order valence-electron chi connectivity index (χ1n) is 13.2. The van der Waals surface area contributed by atoms with Crippen molar-refractivity contribution in [3.8, 4) is 11.3 Å². The van der Waals surface area contributed by atoms with Crippen LogP contribution in [0.15, 0.2) is 90.2 Å². The average Bonchev–Trinajstić information content (AvgIpc) is 3.37. The van der Waals surface area contributed by atoms with Gasteiger partial charge < -0.3 is 14.8 Å². The Labute approximate surface area is 237 Å². The summed E-state index contributed by atoms with van der Waals surface area (Å²) in [6.07, 6.45) is 3.59. The predicted octanol–water partition coefficient (Wildman–Crippen LogP) is 6.26. The van der Waals surface area contributed by atoms with Crippen molar-refractivity contribution in [1.29, 1.82) is 0 Å². The van der Waals surface area contributed by atoms with Gasteiger partial charge in [-0.25, -0.2) is 27.2 Å². The second kappa shape index (κ2) is 12.0. The zero-order valence-electron chi connectivity index (χ0n) is 22.7. The second-order valence-electron chi connectivity index (χ2n) is 9.46. The maximum Gasteiger partial charge on any atom is 0.267 e. The van der Waals surface area contributed by atoms with Crippen LogP contribution in [0.2, 0.25) is 0 Å². The summed E-state index contributed by atoms with van der Waals surface area (Å²) in [6.45, 7) is 8.33. The zero-order valence-corrected chi connectivity index (χ0v) is 23.5. The summed E-state index contributed by atoms with van der Waals surface area (Å²) >= 11 is 0. The Balaban J connectivity index is 1.28. The van der Waals surface area contributed by atoms with Crippen LogP contribution in [-0.4, -0.2) is 47.5 Å². The lowest BCUT2D eigenvalue weighted by Gasteiger charge is -2.18. The first-order valence-corrected chi connectivity index (χ1v) is 14.7. The third kappa shape index (κ3) is 6.36. The standard InChI is InChI=1S/C30H30F2N6O2S/c1-3-37(4-2)16-17-38-15-14-22-18-21(8-13-28(22)38)27-19-29(34-20-33-27)35-23-9-11-24(12-10-23)36-41(39,40)30-25(31)6-5-7-26(30)32/h5-15,18-20,36H,3-4,16-17H2,1-2H3,(H,33,34,35). The molecular weight excluding hydrogens is 546 g/mol. The molecule has 212 valence electrons. The molecule has 0 atom stereocenters. The van der Waals surface area contributed by atoms with E-state index in [2.05, 4.69) is 67.7 Å². The Morgan fingerprint density at radius 1 is 0.878 bits per heavy atom. The van der Waals surface area contributed by atoms with E-state index in [0.29, 0.717) is 11.5 Å². The number of hydrogen-bond acceptors (Lipinski definition) is 6. The SMILES string of the molecule is CCN(CC)CCn1ccc2cc(-c3cc(Nc4ccc(NS(=O)(=O)c5c(F)cccc5F)cc4)ncn3)ccc21. The molecule has 3 aromatic carbocycles. The monoisotopic (exact) mass is 576 g/mol. The molecule has 0 amide bonds. The van der Waals surface area contributed by atoms with E-state index >= 15 is 0 Å². The molecule has 0 aliphatic rings. The van der Waals surface area contributed by atoms with Crippen molar-refractivity contribution in [3.05, 3.63) is 97.0 Å². The fourth-order valence-corrected chi connectivity index (χ4v) is 5.84. The lowest BCUT2D eigenvalue weighted by Crippen LogP contribution is -2.26. The fraction of sp³-hybridized carbons (Fsp3) is 0.200. The van der Waals surface area contributed by atoms with Gasteiger partial charge in [0.15, 0.2) is 4.90 Å². The molecule has 2 heterocycles. The zero-order chi connectivity index (χ0) is 29.0. The van der Waals surface area contributed by atoms with E-state index in [1.807, 2.05) is 12.1 Å². The van der Waals surface area contributed by atoms with E-state index in [9.17, 15) is 17.2 Å². The Bertz CT molecular complexity index is 1750. The van der Waals surface area contributed by atoms with Gasteiger partial charge in [-0.3, -0.25) is 4.72 Å². The van der Waals surface area contributed by atoms with Gasteiger partial charge in [-0.05, 0) is 67.7 Å². The summed E-state index contributed by atoms with van der Waals surface area (Å²) in [6, 6.07) is 19.3. The van der Waals surface area contributed by atoms with E-state index in [1.54, 1.807) is 12.1 Å². The number of fused-ring (bicyclic) bond motifs is 1. The number of halogens is 2. The highest BCUT2D eigenvalue weighted by atomic mass is 32.2. The number of sulfonamides is 1. The van der Waals surface area contributed by atoms with Gasteiger partial charge in [-0.2, -0.15) is 0 Å². The predicted molar refractivity (Wildman–Crippen MR) is 158 cm³/mol. The Kier molecular flexibility index (Phi) is 8.27. The molecule has 0 radical (unpaired) electrons. The molecule has 2 N–H and O–H groups in total. The molecule has 0 saturated heterocycles. The normalized spacial score (nSPS) is 11.7. The number of nitrogens with one attached hydrogen (secondary N) is 2. The minimum absolute atomic E-state index is 0.152. The minimum atomic E-state index is -4.45. The maximum absolute atomic E-state index is 14.0. The lowest BCUT2D eigenvalue weighted by molar-refractivity contribution is 0.292. The van der Waals surface area contributed by atoms with Gasteiger partial charge in [0, 0.05) is 53.2 Å². The number of hydrogen-bond donors (Lipinski definition) is 2. The van der Waals surface area contributed by atoms with Gasteiger partial charge in [-0.15, -0.1) is 0 Å². The highest BCUT2D eigenvalue weighted by Gasteiger charge is 2.23. The summed E-state index contributed by atoms with van der Waals surface area (Å²) in [5.74, 6) is -1.78. The first kappa shape index (κ1) is 28.2. The van der Waals surface area contributed by atoms with Crippen molar-refractivity contribution in [3.63, 3.8) is 0 Å². The summed E-state index contributed by atoms with van der Waals surface area (Å²) in [7, 11) is -4.45. The van der Waals surface area contributed by atoms with Gasteiger partial charge in [-0.1, -0.05) is 26.0 Å². The third-order valence-electron chi connectivity index (χ3n) is 6.88. The molecular formula is C30H30F2N6O2S. The Hall–Kier alpha value is -4.35. The first-order chi connectivity index (χ1) is 19.8. The van der Waals surface area contributed by atoms with Crippen molar-refractivity contribution >= 4 is 38.1 Å². The van der Waals surface area contributed by atoms with Crippen LogP contribution in [0, 0.1) is 11.6 Å². The third-order valence-corrected chi connectivity index (χ3v) is 8.31. The molecule has 0 aliphatic heterocycles. The van der Waals surface area contributed by atoms with Crippen molar-refractivity contribution in [2.45, 2.75) is 25.3 Å². The fourth-order valence-electron chi connectivity index (χ4n) is 4.64. The van der Waals surface area contributed by atoms with Gasteiger partial charge in [0.1, 0.15) is 23.8 Å². The van der Waals surface area contributed by atoms with Crippen LogP contribution in [0.25, 0.3) is 22.2 Å². The topological polar surface area (TPSA) is 92.2 Å². The number of anilines is 3. The van der Waals surface area contributed by atoms with Crippen molar-refractivity contribution in [2.75, 3.05) is 29.7 Å². The lowest BCUT2D eigenvalue weighted by atomic mass is 10.1. The Morgan fingerprint density at radius 3 is 2.29 bits per heavy atom. The summed E-state index contributed by atoms with van der Waals surface area (Å²) in [5, 5.41) is 4.30. The molecule has 5 aromatic rings. The molecule has 11 heteroatoms. The number of aromatic nitrogens is 3. The van der Waals surface area contributed by atoms with Crippen LogP contribution in [-0.2, 0) is 16.6 Å². The smallest absolute Gasteiger partial charge is 0.267 e. The van der Waals surface area contributed by atoms with E-state index < -0.39 is 26.6 Å². The van der Waals surface area contributed by atoms with Gasteiger partial charge >= 0.3 is 0 Å². The maximum atomic E-state index is 14.0.